The van der Waals surface area contributed by atoms with Gasteiger partial charge in [-0.1, -0.05) is 12.1 Å². The van der Waals surface area contributed by atoms with Crippen molar-refractivity contribution in [2.24, 2.45) is 0 Å². The summed E-state index contributed by atoms with van der Waals surface area (Å²) in [7, 11) is 0. The molecule has 90 valence electrons. The van der Waals surface area contributed by atoms with Crippen molar-refractivity contribution in [2.45, 2.75) is 13.8 Å². The number of nitrogens with two attached hydrogens (primary N) is 1. The maximum absolute atomic E-state index is 5.94. The van der Waals surface area contributed by atoms with E-state index in [0.29, 0.717) is 5.69 Å². The first kappa shape index (κ1) is 10.7. The maximum Gasteiger partial charge on any atom is 0.148 e. The van der Waals surface area contributed by atoms with Gasteiger partial charge in [-0.2, -0.15) is 5.10 Å². The van der Waals surface area contributed by atoms with Gasteiger partial charge in [-0.3, -0.25) is 4.98 Å². The summed E-state index contributed by atoms with van der Waals surface area (Å²) in [5.41, 5.74) is 8.35. The van der Waals surface area contributed by atoms with Crippen molar-refractivity contribution in [2.75, 3.05) is 5.73 Å². The molecule has 0 fully saturated rings. The highest BCUT2D eigenvalue weighted by atomic mass is 15.3. The molecule has 0 saturated carbocycles. The molecule has 2 aromatic heterocycles. The lowest BCUT2D eigenvalue weighted by molar-refractivity contribution is 0.836. The van der Waals surface area contributed by atoms with E-state index in [2.05, 4.69) is 15.1 Å². The minimum atomic E-state index is 0.670. The molecule has 0 aliphatic heterocycles. The number of nitrogen functional groups attached to an aromatic ring is 1. The summed E-state index contributed by atoms with van der Waals surface area (Å²) in [5, 5.41) is 5.37. The fourth-order valence-corrected chi connectivity index (χ4v) is 2.12. The molecule has 2 heterocycles. The molecule has 0 aliphatic rings. The van der Waals surface area contributed by atoms with Crippen molar-refractivity contribution in [3.8, 4) is 5.69 Å². The molecule has 3 rings (SSSR count). The van der Waals surface area contributed by atoms with Crippen molar-refractivity contribution < 1.29 is 0 Å². The average Bonchev–Trinajstić information content (AvgIpc) is 2.68. The van der Waals surface area contributed by atoms with Gasteiger partial charge in [0.1, 0.15) is 11.6 Å². The number of para-hydroxylation sites is 1. The predicted molar refractivity (Wildman–Crippen MR) is 70.5 cm³/mol. The Morgan fingerprint density at radius 3 is 2.72 bits per heavy atom. The first-order valence-electron chi connectivity index (χ1n) is 5.70. The lowest BCUT2D eigenvalue weighted by Gasteiger charge is -2.08. The molecule has 5 nitrogen and oxygen atoms in total. The van der Waals surface area contributed by atoms with E-state index in [4.69, 9.17) is 5.73 Å². The standard InChI is InChI=1S/C13H13N5/c1-8-16-9(2)18(17-8)12-6-7-15-13-10(12)4-3-5-11(13)14/h3-7H,14H2,1-2H3. The highest BCUT2D eigenvalue weighted by Crippen LogP contribution is 2.24. The Kier molecular flexibility index (Phi) is 2.26. The molecule has 2 N–H and O–H groups in total. The van der Waals surface area contributed by atoms with Crippen LogP contribution in [0.15, 0.2) is 30.5 Å². The minimum absolute atomic E-state index is 0.670. The SMILES string of the molecule is Cc1nc(C)n(-c2ccnc3c(N)cccc23)n1. The van der Waals surface area contributed by atoms with Crippen LogP contribution in [0.25, 0.3) is 16.6 Å². The Morgan fingerprint density at radius 1 is 1.17 bits per heavy atom. The van der Waals surface area contributed by atoms with Gasteiger partial charge in [0.05, 0.1) is 16.9 Å². The van der Waals surface area contributed by atoms with Crippen LogP contribution in [-0.2, 0) is 0 Å². The molecule has 3 aromatic rings. The molecular formula is C13H13N5. The van der Waals surface area contributed by atoms with Crippen molar-refractivity contribution in [3.63, 3.8) is 0 Å². The molecule has 0 amide bonds. The Balaban J connectivity index is 2.36. The van der Waals surface area contributed by atoms with Crippen LogP contribution in [0.5, 0.6) is 0 Å². The number of nitrogens with zero attached hydrogens (tertiary/aromatic N) is 4. The largest absolute Gasteiger partial charge is 0.397 e. The summed E-state index contributed by atoms with van der Waals surface area (Å²) >= 11 is 0. The second-order valence-electron chi connectivity index (χ2n) is 4.19. The number of aryl methyl sites for hydroxylation is 2. The summed E-state index contributed by atoms with van der Waals surface area (Å²) in [6.07, 6.45) is 1.74. The Bertz CT molecular complexity index is 729. The first-order valence-corrected chi connectivity index (χ1v) is 5.70. The average molecular weight is 239 g/mol. The Hall–Kier alpha value is -2.43. The third-order valence-electron chi connectivity index (χ3n) is 2.88. The normalized spacial score (nSPS) is 11.0. The number of fused-ring (bicyclic) bond motifs is 1. The molecule has 0 atom stereocenters. The van der Waals surface area contributed by atoms with Crippen molar-refractivity contribution in [1.29, 1.82) is 0 Å². The minimum Gasteiger partial charge on any atom is -0.397 e. The number of benzene rings is 1. The molecule has 0 unspecified atom stereocenters. The van der Waals surface area contributed by atoms with Crippen LogP contribution in [0.1, 0.15) is 11.6 Å². The van der Waals surface area contributed by atoms with E-state index in [9.17, 15) is 0 Å². The van der Waals surface area contributed by atoms with Gasteiger partial charge in [0, 0.05) is 11.6 Å². The van der Waals surface area contributed by atoms with E-state index in [1.807, 2.05) is 42.8 Å². The summed E-state index contributed by atoms with van der Waals surface area (Å²) in [5.74, 6) is 1.60. The zero-order chi connectivity index (χ0) is 12.7. The number of pyridine rings is 1. The number of hydrogen-bond acceptors (Lipinski definition) is 4. The van der Waals surface area contributed by atoms with E-state index in [1.165, 1.54) is 0 Å². The second-order valence-corrected chi connectivity index (χ2v) is 4.19. The lowest BCUT2D eigenvalue weighted by Crippen LogP contribution is -2.01. The van der Waals surface area contributed by atoms with Gasteiger partial charge >= 0.3 is 0 Å². The number of hydrogen-bond donors (Lipinski definition) is 1. The maximum atomic E-state index is 5.94. The molecule has 0 saturated heterocycles. The zero-order valence-electron chi connectivity index (χ0n) is 10.3. The van der Waals surface area contributed by atoms with Crippen molar-refractivity contribution in [1.82, 2.24) is 19.7 Å². The van der Waals surface area contributed by atoms with Gasteiger partial charge in [-0.25, -0.2) is 9.67 Å². The van der Waals surface area contributed by atoms with Crippen molar-refractivity contribution >= 4 is 16.6 Å². The molecule has 0 aliphatic carbocycles. The van der Waals surface area contributed by atoms with Crippen LogP contribution < -0.4 is 5.73 Å². The number of rotatable bonds is 1. The Labute approximate surface area is 104 Å². The van der Waals surface area contributed by atoms with E-state index in [1.54, 1.807) is 6.20 Å². The van der Waals surface area contributed by atoms with Crippen LogP contribution in [0.2, 0.25) is 0 Å². The third-order valence-corrected chi connectivity index (χ3v) is 2.88. The van der Waals surface area contributed by atoms with Crippen LogP contribution in [0, 0.1) is 13.8 Å². The van der Waals surface area contributed by atoms with E-state index < -0.39 is 0 Å². The van der Waals surface area contributed by atoms with Gasteiger partial charge < -0.3 is 5.73 Å². The molecule has 0 spiro atoms. The molecule has 0 radical (unpaired) electrons. The zero-order valence-corrected chi connectivity index (χ0v) is 10.3. The lowest BCUT2D eigenvalue weighted by atomic mass is 10.1. The van der Waals surface area contributed by atoms with Gasteiger partial charge in [0.2, 0.25) is 0 Å². The molecule has 5 heteroatoms. The van der Waals surface area contributed by atoms with Crippen LogP contribution >= 0.6 is 0 Å². The smallest absolute Gasteiger partial charge is 0.148 e. The Morgan fingerprint density at radius 2 is 2.00 bits per heavy atom. The fourth-order valence-electron chi connectivity index (χ4n) is 2.12. The highest BCUT2D eigenvalue weighted by molar-refractivity contribution is 5.94. The molecule has 0 bridgehead atoms. The van der Waals surface area contributed by atoms with E-state index in [-0.39, 0.29) is 0 Å². The number of anilines is 1. The topological polar surface area (TPSA) is 69.6 Å². The summed E-state index contributed by atoms with van der Waals surface area (Å²) < 4.78 is 1.82. The van der Waals surface area contributed by atoms with Gasteiger partial charge in [0.25, 0.3) is 0 Å². The van der Waals surface area contributed by atoms with Gasteiger partial charge in [0.15, 0.2) is 0 Å². The molecule has 18 heavy (non-hydrogen) atoms. The monoisotopic (exact) mass is 239 g/mol. The van der Waals surface area contributed by atoms with Gasteiger partial charge in [-0.15, -0.1) is 0 Å². The summed E-state index contributed by atoms with van der Waals surface area (Å²) in [4.78, 5) is 8.63. The molecular weight excluding hydrogens is 226 g/mol. The van der Waals surface area contributed by atoms with Crippen molar-refractivity contribution in [3.05, 3.63) is 42.1 Å². The quantitative estimate of drug-likeness (QED) is 0.659. The molecule has 1 aromatic carbocycles. The highest BCUT2D eigenvalue weighted by Gasteiger charge is 2.10. The first-order chi connectivity index (χ1) is 8.66. The van der Waals surface area contributed by atoms with Gasteiger partial charge in [-0.05, 0) is 26.0 Å². The predicted octanol–water partition coefficient (Wildman–Crippen LogP) is 2.01. The van der Waals surface area contributed by atoms with Crippen LogP contribution in [0.3, 0.4) is 0 Å². The van der Waals surface area contributed by atoms with E-state index in [0.717, 1.165) is 28.2 Å². The summed E-state index contributed by atoms with van der Waals surface area (Å²) in [6.45, 7) is 3.81. The van der Waals surface area contributed by atoms with Crippen LogP contribution in [-0.4, -0.2) is 19.7 Å². The van der Waals surface area contributed by atoms with Crippen LogP contribution in [0.4, 0.5) is 5.69 Å². The second kappa shape index (κ2) is 3.80. The summed E-state index contributed by atoms with van der Waals surface area (Å²) in [6, 6.07) is 7.67. The fraction of sp³-hybridized carbons (Fsp3) is 0.154. The number of aromatic nitrogens is 4. The third kappa shape index (κ3) is 1.52. The van der Waals surface area contributed by atoms with E-state index >= 15 is 0 Å².